The van der Waals surface area contributed by atoms with Crippen LogP contribution in [0.25, 0.3) is 0 Å². The number of rotatable bonds is 8. The van der Waals surface area contributed by atoms with Gasteiger partial charge in [-0.2, -0.15) is 16.8 Å². The van der Waals surface area contributed by atoms with Crippen molar-refractivity contribution in [1.82, 2.24) is 4.90 Å². The lowest BCUT2D eigenvalue weighted by Crippen LogP contribution is -2.38. The molecule has 1 N–H and O–H groups in total. The van der Waals surface area contributed by atoms with Crippen LogP contribution in [0.3, 0.4) is 0 Å². The first-order valence-electron chi connectivity index (χ1n) is 7.13. The van der Waals surface area contributed by atoms with Crippen molar-refractivity contribution in [2.75, 3.05) is 38.8 Å². The number of carboxylic acid groups (broad SMARTS) is 1. The van der Waals surface area contributed by atoms with E-state index in [0.29, 0.717) is 32.4 Å². The highest BCUT2D eigenvalue weighted by Crippen LogP contribution is 2.25. The molecule has 0 aliphatic carbocycles. The van der Waals surface area contributed by atoms with Gasteiger partial charge in [-0.05, 0) is 25.2 Å². The largest absolute Gasteiger partial charge is 0.465 e. The van der Waals surface area contributed by atoms with Gasteiger partial charge in [0.25, 0.3) is 20.2 Å². The maximum Gasteiger partial charge on any atom is 0.407 e. The Labute approximate surface area is 136 Å². The molecule has 1 aliphatic rings. The van der Waals surface area contributed by atoms with E-state index < -0.39 is 32.2 Å². The molecule has 0 aromatic carbocycles. The fourth-order valence-electron chi connectivity index (χ4n) is 2.46. The summed E-state index contributed by atoms with van der Waals surface area (Å²) in [4.78, 5) is 12.2. The van der Waals surface area contributed by atoms with Gasteiger partial charge in [0.15, 0.2) is 0 Å². The second kappa shape index (κ2) is 8.27. The third-order valence-electron chi connectivity index (χ3n) is 3.59. The third-order valence-corrected chi connectivity index (χ3v) is 4.72. The summed E-state index contributed by atoms with van der Waals surface area (Å²) in [7, 11) is -7.25. The highest BCUT2D eigenvalue weighted by Gasteiger charge is 2.26. The standard InChI is InChI=1S/C12H23NO8S2/c1-22(16,17)20-8-11(9-21-23(2,18)19)7-10-3-5-13(6-4-10)12(14)15/h10-11H,3-9H2,1-2H3,(H,14,15). The number of carbonyl (C=O) groups is 1. The van der Waals surface area contributed by atoms with E-state index in [1.165, 1.54) is 4.90 Å². The monoisotopic (exact) mass is 373 g/mol. The van der Waals surface area contributed by atoms with Crippen LogP contribution in [0.15, 0.2) is 0 Å². The summed E-state index contributed by atoms with van der Waals surface area (Å²) in [6, 6.07) is 0. The van der Waals surface area contributed by atoms with Crippen molar-refractivity contribution in [2.45, 2.75) is 19.3 Å². The molecule has 0 spiro atoms. The summed E-state index contributed by atoms with van der Waals surface area (Å²) in [6.45, 7) is 0.500. The lowest BCUT2D eigenvalue weighted by atomic mass is 9.88. The van der Waals surface area contributed by atoms with Crippen molar-refractivity contribution in [2.24, 2.45) is 11.8 Å². The first-order valence-corrected chi connectivity index (χ1v) is 10.8. The molecule has 1 amide bonds. The van der Waals surface area contributed by atoms with Crippen molar-refractivity contribution in [1.29, 1.82) is 0 Å². The second-order valence-electron chi connectivity index (χ2n) is 5.79. The molecule has 0 saturated carbocycles. The third kappa shape index (κ3) is 9.08. The molecule has 1 rings (SSSR count). The zero-order valence-electron chi connectivity index (χ0n) is 13.2. The Morgan fingerprint density at radius 3 is 1.87 bits per heavy atom. The van der Waals surface area contributed by atoms with E-state index in [9.17, 15) is 21.6 Å². The summed E-state index contributed by atoms with van der Waals surface area (Å²) in [5.74, 6) is -0.234. The van der Waals surface area contributed by atoms with E-state index >= 15 is 0 Å². The summed E-state index contributed by atoms with van der Waals surface area (Å²) in [5.41, 5.74) is 0. The van der Waals surface area contributed by atoms with Crippen LogP contribution in [-0.4, -0.2) is 71.8 Å². The minimum absolute atomic E-state index is 0.159. The molecule has 1 aliphatic heterocycles. The first-order chi connectivity index (χ1) is 10.5. The molecule has 1 heterocycles. The van der Waals surface area contributed by atoms with Crippen LogP contribution in [0.2, 0.25) is 0 Å². The van der Waals surface area contributed by atoms with Crippen LogP contribution in [0.4, 0.5) is 4.79 Å². The van der Waals surface area contributed by atoms with Crippen LogP contribution >= 0.6 is 0 Å². The predicted octanol–water partition coefficient (Wildman–Crippen LogP) is 0.335. The quantitative estimate of drug-likeness (QED) is 0.603. The molecule has 11 heteroatoms. The molecule has 0 unspecified atom stereocenters. The van der Waals surface area contributed by atoms with E-state index in [0.717, 1.165) is 12.5 Å². The second-order valence-corrected chi connectivity index (χ2v) is 9.08. The van der Waals surface area contributed by atoms with Gasteiger partial charge < -0.3 is 10.0 Å². The molecule has 9 nitrogen and oxygen atoms in total. The Kier molecular flexibility index (Phi) is 7.24. The molecule has 0 radical (unpaired) electrons. The Morgan fingerprint density at radius 1 is 1.09 bits per heavy atom. The van der Waals surface area contributed by atoms with Gasteiger partial charge in [-0.15, -0.1) is 0 Å². The number of amides is 1. The maximum atomic E-state index is 11.1. The molecule has 136 valence electrons. The lowest BCUT2D eigenvalue weighted by molar-refractivity contribution is 0.108. The van der Waals surface area contributed by atoms with E-state index in [2.05, 4.69) is 0 Å². The molecular weight excluding hydrogens is 350 g/mol. The van der Waals surface area contributed by atoms with Crippen molar-refractivity contribution in [3.63, 3.8) is 0 Å². The Morgan fingerprint density at radius 2 is 1.52 bits per heavy atom. The normalized spacial score (nSPS) is 17.6. The fourth-order valence-corrected chi connectivity index (χ4v) is 3.33. The zero-order chi connectivity index (χ0) is 17.7. The zero-order valence-corrected chi connectivity index (χ0v) is 14.8. The summed E-state index contributed by atoms with van der Waals surface area (Å²) < 4.78 is 53.9. The van der Waals surface area contributed by atoms with Crippen LogP contribution in [0.1, 0.15) is 19.3 Å². The molecule has 1 fully saturated rings. The maximum absolute atomic E-state index is 11.1. The number of hydrogen-bond acceptors (Lipinski definition) is 7. The minimum Gasteiger partial charge on any atom is -0.465 e. The average Bonchev–Trinajstić information content (AvgIpc) is 2.40. The Balaban J connectivity index is 2.56. The molecule has 0 aromatic rings. The van der Waals surface area contributed by atoms with Gasteiger partial charge in [0, 0.05) is 19.0 Å². The number of likely N-dealkylation sites (tertiary alicyclic amines) is 1. The SMILES string of the molecule is CS(=O)(=O)OCC(COS(C)(=O)=O)CC1CCN(C(=O)O)CC1. The van der Waals surface area contributed by atoms with Crippen LogP contribution in [0.5, 0.6) is 0 Å². The Hall–Kier alpha value is -0.910. The molecule has 0 aromatic heterocycles. The topological polar surface area (TPSA) is 127 Å². The van der Waals surface area contributed by atoms with E-state index in [1.807, 2.05) is 0 Å². The summed E-state index contributed by atoms with van der Waals surface area (Å²) in [5, 5.41) is 8.91. The van der Waals surface area contributed by atoms with Gasteiger partial charge in [-0.25, -0.2) is 4.79 Å². The minimum atomic E-state index is -3.62. The number of hydrogen-bond donors (Lipinski definition) is 1. The van der Waals surface area contributed by atoms with Crippen molar-refractivity contribution in [3.8, 4) is 0 Å². The predicted molar refractivity (Wildman–Crippen MR) is 82.0 cm³/mol. The van der Waals surface area contributed by atoms with E-state index in [4.69, 9.17) is 13.5 Å². The fraction of sp³-hybridized carbons (Fsp3) is 0.917. The molecule has 23 heavy (non-hydrogen) atoms. The Bertz CT molecular complexity index is 557. The summed E-state index contributed by atoms with van der Waals surface area (Å²) in [6.07, 6.45) is 2.68. The van der Waals surface area contributed by atoms with Gasteiger partial charge in [0.05, 0.1) is 25.7 Å². The molecule has 0 bridgehead atoms. The van der Waals surface area contributed by atoms with Crippen LogP contribution in [0, 0.1) is 11.8 Å². The van der Waals surface area contributed by atoms with Crippen molar-refractivity contribution in [3.05, 3.63) is 0 Å². The van der Waals surface area contributed by atoms with Gasteiger partial charge in [0.2, 0.25) is 0 Å². The van der Waals surface area contributed by atoms with Crippen LogP contribution in [-0.2, 0) is 28.6 Å². The molecule has 1 saturated heterocycles. The van der Waals surface area contributed by atoms with Crippen molar-refractivity contribution >= 4 is 26.3 Å². The summed E-state index contributed by atoms with van der Waals surface area (Å²) >= 11 is 0. The number of piperidine rings is 1. The average molecular weight is 373 g/mol. The first kappa shape index (κ1) is 20.1. The smallest absolute Gasteiger partial charge is 0.407 e. The highest BCUT2D eigenvalue weighted by atomic mass is 32.2. The number of nitrogens with zero attached hydrogens (tertiary/aromatic N) is 1. The van der Waals surface area contributed by atoms with Gasteiger partial charge in [0.1, 0.15) is 0 Å². The van der Waals surface area contributed by atoms with E-state index in [-0.39, 0.29) is 19.1 Å². The van der Waals surface area contributed by atoms with Crippen molar-refractivity contribution < 1.29 is 35.1 Å². The van der Waals surface area contributed by atoms with E-state index in [1.54, 1.807) is 0 Å². The van der Waals surface area contributed by atoms with Gasteiger partial charge in [-0.3, -0.25) is 8.37 Å². The highest BCUT2D eigenvalue weighted by molar-refractivity contribution is 7.86. The van der Waals surface area contributed by atoms with Gasteiger partial charge in [-0.1, -0.05) is 0 Å². The van der Waals surface area contributed by atoms with Gasteiger partial charge >= 0.3 is 6.09 Å². The van der Waals surface area contributed by atoms with Crippen LogP contribution < -0.4 is 0 Å². The molecule has 0 atom stereocenters. The molecular formula is C12H23NO8S2. The lowest BCUT2D eigenvalue weighted by Gasteiger charge is -2.31.